The van der Waals surface area contributed by atoms with Crippen LogP contribution in [0.5, 0.6) is 0 Å². The highest BCUT2D eigenvalue weighted by Gasteiger charge is 2.21. The zero-order chi connectivity index (χ0) is 20.4. The minimum Gasteiger partial charge on any atom is -0.338 e. The summed E-state index contributed by atoms with van der Waals surface area (Å²) < 4.78 is 7.00. The zero-order valence-corrected chi connectivity index (χ0v) is 17.6. The van der Waals surface area contributed by atoms with E-state index >= 15 is 0 Å². The number of para-hydroxylation sites is 1. The lowest BCUT2D eigenvalue weighted by molar-refractivity contribution is 0.374. The first-order valence-electron chi connectivity index (χ1n) is 9.33. The molecule has 1 atom stereocenters. The van der Waals surface area contributed by atoms with Crippen molar-refractivity contribution in [2.24, 2.45) is 0 Å². The van der Waals surface area contributed by atoms with Crippen LogP contribution in [0.3, 0.4) is 0 Å². The Bertz CT molecular complexity index is 1220. The molecule has 0 spiro atoms. The molecular formula is C21H19ClN4O2S. The van der Waals surface area contributed by atoms with Gasteiger partial charge in [0, 0.05) is 11.4 Å². The van der Waals surface area contributed by atoms with Gasteiger partial charge in [0.2, 0.25) is 5.89 Å². The number of thioether (sulfide) groups is 1. The summed E-state index contributed by atoms with van der Waals surface area (Å²) >= 11 is 7.57. The first-order valence-corrected chi connectivity index (χ1v) is 10.6. The van der Waals surface area contributed by atoms with E-state index < -0.39 is 0 Å². The first-order chi connectivity index (χ1) is 14.1. The van der Waals surface area contributed by atoms with E-state index in [2.05, 4.69) is 17.1 Å². The molecule has 1 unspecified atom stereocenters. The van der Waals surface area contributed by atoms with Gasteiger partial charge in [0.05, 0.1) is 21.8 Å². The molecule has 0 aliphatic rings. The molecule has 0 fully saturated rings. The summed E-state index contributed by atoms with van der Waals surface area (Å²) in [7, 11) is 0. The third kappa shape index (κ3) is 4.06. The maximum absolute atomic E-state index is 13.3. The fourth-order valence-electron chi connectivity index (χ4n) is 3.00. The van der Waals surface area contributed by atoms with Crippen LogP contribution in [0, 0.1) is 0 Å². The summed E-state index contributed by atoms with van der Waals surface area (Å²) in [6, 6.07) is 14.5. The largest absolute Gasteiger partial charge is 0.338 e. The molecule has 6 nitrogen and oxygen atoms in total. The lowest BCUT2D eigenvalue weighted by Crippen LogP contribution is -2.22. The van der Waals surface area contributed by atoms with Gasteiger partial charge >= 0.3 is 0 Å². The number of hydrogen-bond acceptors (Lipinski definition) is 6. The van der Waals surface area contributed by atoms with Crippen molar-refractivity contribution in [2.75, 3.05) is 0 Å². The molecule has 2 aromatic carbocycles. The lowest BCUT2D eigenvalue weighted by atomic mass is 10.2. The van der Waals surface area contributed by atoms with Crippen LogP contribution in [-0.4, -0.2) is 19.7 Å². The number of halogens is 1. The van der Waals surface area contributed by atoms with Gasteiger partial charge in [0.1, 0.15) is 0 Å². The van der Waals surface area contributed by atoms with E-state index in [4.69, 9.17) is 21.1 Å². The second-order valence-corrected chi connectivity index (χ2v) is 8.34. The summed E-state index contributed by atoms with van der Waals surface area (Å²) in [5.41, 5.74) is 1.15. The second kappa shape index (κ2) is 8.39. The number of aryl methyl sites for hydroxylation is 1. The van der Waals surface area contributed by atoms with Gasteiger partial charge in [0.25, 0.3) is 5.56 Å². The Balaban J connectivity index is 1.81. The zero-order valence-electron chi connectivity index (χ0n) is 16.0. The van der Waals surface area contributed by atoms with Crippen molar-refractivity contribution >= 4 is 34.3 Å². The number of nitrogens with zero attached hydrogens (tertiary/aromatic N) is 4. The SMILES string of the molecule is CCCc1noc(C(C)Sc2nc3ccccc3c(=O)n2-c2cccc(Cl)c2)n1. The molecule has 0 saturated heterocycles. The number of rotatable bonds is 6. The molecule has 29 heavy (non-hydrogen) atoms. The molecule has 0 N–H and O–H groups in total. The molecule has 0 amide bonds. The molecule has 2 heterocycles. The van der Waals surface area contributed by atoms with Gasteiger partial charge in [-0.2, -0.15) is 4.98 Å². The second-order valence-electron chi connectivity index (χ2n) is 6.59. The standard InChI is InChI=1S/C21H19ClN4O2S/c1-3-7-18-24-19(28-25-18)13(2)29-21-23-17-11-5-4-10-16(17)20(27)26(21)15-9-6-8-14(22)12-15/h4-6,8-13H,3,7H2,1-2H3. The fourth-order valence-corrected chi connectivity index (χ4v) is 4.14. The summed E-state index contributed by atoms with van der Waals surface area (Å²) in [4.78, 5) is 22.5. The third-order valence-corrected chi connectivity index (χ3v) is 5.67. The summed E-state index contributed by atoms with van der Waals surface area (Å²) in [5.74, 6) is 1.20. The molecule has 148 valence electrons. The topological polar surface area (TPSA) is 73.8 Å². The van der Waals surface area contributed by atoms with Gasteiger partial charge in [-0.15, -0.1) is 0 Å². The Labute approximate surface area is 176 Å². The Morgan fingerprint density at radius 2 is 2.00 bits per heavy atom. The average Bonchev–Trinajstić information content (AvgIpc) is 3.17. The third-order valence-electron chi connectivity index (χ3n) is 4.40. The van der Waals surface area contributed by atoms with E-state index in [1.165, 1.54) is 11.8 Å². The number of hydrogen-bond donors (Lipinski definition) is 0. The summed E-state index contributed by atoms with van der Waals surface area (Å²) in [5, 5.41) is 5.49. The Hall–Kier alpha value is -2.64. The molecule has 0 saturated carbocycles. The van der Waals surface area contributed by atoms with Crippen LogP contribution >= 0.6 is 23.4 Å². The van der Waals surface area contributed by atoms with Crippen molar-refractivity contribution < 1.29 is 4.52 Å². The fraction of sp³-hybridized carbons (Fsp3) is 0.238. The van der Waals surface area contributed by atoms with E-state index in [-0.39, 0.29) is 10.8 Å². The normalized spacial score (nSPS) is 12.4. The monoisotopic (exact) mass is 426 g/mol. The van der Waals surface area contributed by atoms with E-state index in [1.807, 2.05) is 37.3 Å². The van der Waals surface area contributed by atoms with Crippen molar-refractivity contribution in [2.45, 2.75) is 37.1 Å². The van der Waals surface area contributed by atoms with E-state index in [0.717, 1.165) is 12.8 Å². The van der Waals surface area contributed by atoms with Gasteiger partial charge in [0.15, 0.2) is 11.0 Å². The highest BCUT2D eigenvalue weighted by molar-refractivity contribution is 7.99. The first kappa shape index (κ1) is 19.7. The highest BCUT2D eigenvalue weighted by atomic mass is 35.5. The molecule has 0 aliphatic heterocycles. The van der Waals surface area contributed by atoms with Crippen LogP contribution in [-0.2, 0) is 6.42 Å². The molecule has 0 aliphatic carbocycles. The minimum atomic E-state index is -0.174. The van der Waals surface area contributed by atoms with Gasteiger partial charge in [-0.25, -0.2) is 4.98 Å². The van der Waals surface area contributed by atoms with E-state index in [0.29, 0.717) is 38.5 Å². The number of aromatic nitrogens is 4. The minimum absolute atomic E-state index is 0.148. The van der Waals surface area contributed by atoms with Gasteiger partial charge in [-0.3, -0.25) is 9.36 Å². The van der Waals surface area contributed by atoms with Crippen molar-refractivity contribution in [3.8, 4) is 5.69 Å². The summed E-state index contributed by atoms with van der Waals surface area (Å²) in [6.45, 7) is 4.02. The molecular weight excluding hydrogens is 408 g/mol. The molecule has 4 rings (SSSR count). The van der Waals surface area contributed by atoms with Crippen molar-refractivity contribution in [1.29, 1.82) is 0 Å². The van der Waals surface area contributed by atoms with Crippen LogP contribution in [0.25, 0.3) is 16.6 Å². The van der Waals surface area contributed by atoms with Crippen molar-refractivity contribution in [3.63, 3.8) is 0 Å². The van der Waals surface area contributed by atoms with Crippen LogP contribution in [0.1, 0.15) is 37.2 Å². The molecule has 8 heteroatoms. The number of fused-ring (bicyclic) bond motifs is 1. The Morgan fingerprint density at radius 3 is 2.79 bits per heavy atom. The van der Waals surface area contributed by atoms with Gasteiger partial charge in [-0.05, 0) is 43.7 Å². The molecule has 0 bridgehead atoms. The predicted molar refractivity (Wildman–Crippen MR) is 115 cm³/mol. The smallest absolute Gasteiger partial charge is 0.266 e. The quantitative estimate of drug-likeness (QED) is 0.310. The lowest BCUT2D eigenvalue weighted by Gasteiger charge is -2.15. The Morgan fingerprint density at radius 1 is 1.17 bits per heavy atom. The van der Waals surface area contributed by atoms with Crippen LogP contribution < -0.4 is 5.56 Å². The Kier molecular flexibility index (Phi) is 5.69. The molecule has 0 radical (unpaired) electrons. The van der Waals surface area contributed by atoms with Crippen molar-refractivity contribution in [3.05, 3.63) is 75.6 Å². The van der Waals surface area contributed by atoms with Crippen LogP contribution in [0.15, 0.2) is 63.0 Å². The maximum atomic E-state index is 13.3. The average molecular weight is 427 g/mol. The predicted octanol–water partition coefficient (Wildman–Crippen LogP) is 5.23. The number of benzene rings is 2. The molecule has 2 aromatic heterocycles. The van der Waals surface area contributed by atoms with Gasteiger partial charge in [-0.1, -0.05) is 53.6 Å². The van der Waals surface area contributed by atoms with Crippen LogP contribution in [0.2, 0.25) is 5.02 Å². The van der Waals surface area contributed by atoms with Crippen LogP contribution in [0.4, 0.5) is 0 Å². The van der Waals surface area contributed by atoms with Gasteiger partial charge < -0.3 is 4.52 Å². The van der Waals surface area contributed by atoms with E-state index in [9.17, 15) is 4.79 Å². The summed E-state index contributed by atoms with van der Waals surface area (Å²) in [6.07, 6.45) is 1.71. The molecule has 4 aromatic rings. The highest BCUT2D eigenvalue weighted by Crippen LogP contribution is 2.34. The maximum Gasteiger partial charge on any atom is 0.266 e. The van der Waals surface area contributed by atoms with Crippen molar-refractivity contribution in [1.82, 2.24) is 19.7 Å². The van der Waals surface area contributed by atoms with E-state index in [1.54, 1.807) is 22.8 Å².